The highest BCUT2D eigenvalue weighted by Crippen LogP contribution is 2.19. The van der Waals surface area contributed by atoms with Crippen LogP contribution in [0.1, 0.15) is 29.5 Å². The van der Waals surface area contributed by atoms with Gasteiger partial charge in [0.1, 0.15) is 5.82 Å². The number of methoxy groups -OCH3 is 1. The zero-order valence-corrected chi connectivity index (χ0v) is 15.7. The molecule has 0 saturated carbocycles. The molecule has 1 fully saturated rings. The van der Waals surface area contributed by atoms with Crippen molar-refractivity contribution in [1.82, 2.24) is 34.3 Å². The van der Waals surface area contributed by atoms with Crippen LogP contribution < -0.4 is 4.90 Å². The van der Waals surface area contributed by atoms with E-state index in [-0.39, 0.29) is 6.10 Å². The molecule has 0 N–H and O–H groups in total. The number of nitrogens with zero attached hydrogens (tertiary/aromatic N) is 8. The number of aryl methyl sites for hydroxylation is 5. The lowest BCUT2D eigenvalue weighted by atomic mass is 10.3. The first-order chi connectivity index (χ1) is 12.5. The van der Waals surface area contributed by atoms with E-state index in [1.165, 1.54) is 0 Å². The van der Waals surface area contributed by atoms with E-state index in [0.717, 1.165) is 60.6 Å². The Balaban J connectivity index is 1.48. The molecule has 0 aromatic carbocycles. The largest absolute Gasteiger partial charge is 0.380 e. The van der Waals surface area contributed by atoms with Gasteiger partial charge in [0, 0.05) is 46.3 Å². The minimum Gasteiger partial charge on any atom is -0.380 e. The van der Waals surface area contributed by atoms with Crippen LogP contribution in [0.3, 0.4) is 0 Å². The van der Waals surface area contributed by atoms with E-state index in [0.29, 0.717) is 6.42 Å². The van der Waals surface area contributed by atoms with Gasteiger partial charge in [-0.2, -0.15) is 10.1 Å². The molecule has 1 saturated heterocycles. The molecule has 9 nitrogen and oxygen atoms in total. The summed E-state index contributed by atoms with van der Waals surface area (Å²) in [7, 11) is 3.69. The molecule has 1 atom stereocenters. The van der Waals surface area contributed by atoms with Gasteiger partial charge in [0.05, 0.1) is 17.5 Å². The lowest BCUT2D eigenvalue weighted by molar-refractivity contribution is 0.121. The van der Waals surface area contributed by atoms with Gasteiger partial charge in [-0.25, -0.2) is 9.50 Å². The normalized spacial score (nSPS) is 17.5. The maximum Gasteiger partial charge on any atom is 0.245 e. The molecule has 3 aromatic rings. The van der Waals surface area contributed by atoms with Crippen molar-refractivity contribution in [2.75, 3.05) is 25.1 Å². The van der Waals surface area contributed by atoms with E-state index in [4.69, 9.17) is 9.72 Å². The Morgan fingerprint density at radius 1 is 1.19 bits per heavy atom. The molecule has 3 aromatic heterocycles. The second kappa shape index (κ2) is 6.64. The summed E-state index contributed by atoms with van der Waals surface area (Å²) >= 11 is 0. The standard InChI is InChI=1S/C17H24N8O/c1-11-9-18-12(2)16-19-14(21-25(11)16)5-6-15-20-17(22-23(15)3)24-8-7-13(10-24)26-4/h9,13H,5-8,10H2,1-4H3. The van der Waals surface area contributed by atoms with Crippen LogP contribution in [0.2, 0.25) is 0 Å². The van der Waals surface area contributed by atoms with E-state index in [1.54, 1.807) is 7.11 Å². The minimum atomic E-state index is 0.268. The van der Waals surface area contributed by atoms with E-state index in [1.807, 2.05) is 36.3 Å². The fraction of sp³-hybridized carbons (Fsp3) is 0.588. The van der Waals surface area contributed by atoms with Crippen LogP contribution in [0.5, 0.6) is 0 Å². The molecule has 0 amide bonds. The van der Waals surface area contributed by atoms with Crippen molar-refractivity contribution in [2.24, 2.45) is 7.05 Å². The van der Waals surface area contributed by atoms with Crippen molar-refractivity contribution in [3.8, 4) is 0 Å². The molecule has 0 spiro atoms. The molecule has 9 heteroatoms. The third-order valence-electron chi connectivity index (χ3n) is 4.93. The van der Waals surface area contributed by atoms with Crippen LogP contribution in [0.25, 0.3) is 5.65 Å². The second-order valence-electron chi connectivity index (χ2n) is 6.79. The summed E-state index contributed by atoms with van der Waals surface area (Å²) in [5.74, 6) is 2.52. The molecular formula is C17H24N8O. The third-order valence-corrected chi connectivity index (χ3v) is 4.93. The van der Waals surface area contributed by atoms with Crippen molar-refractivity contribution < 1.29 is 4.74 Å². The van der Waals surface area contributed by atoms with E-state index >= 15 is 0 Å². The number of ether oxygens (including phenoxy) is 1. The van der Waals surface area contributed by atoms with Gasteiger partial charge >= 0.3 is 0 Å². The molecule has 1 unspecified atom stereocenters. The van der Waals surface area contributed by atoms with Gasteiger partial charge in [0.15, 0.2) is 11.5 Å². The Morgan fingerprint density at radius 2 is 2.04 bits per heavy atom. The fourth-order valence-electron chi connectivity index (χ4n) is 3.32. The summed E-state index contributed by atoms with van der Waals surface area (Å²) < 4.78 is 9.13. The highest BCUT2D eigenvalue weighted by molar-refractivity contribution is 5.43. The van der Waals surface area contributed by atoms with Gasteiger partial charge in [-0.05, 0) is 20.3 Å². The highest BCUT2D eigenvalue weighted by atomic mass is 16.5. The zero-order chi connectivity index (χ0) is 18.3. The Labute approximate surface area is 152 Å². The van der Waals surface area contributed by atoms with Gasteiger partial charge in [-0.3, -0.25) is 9.67 Å². The summed E-state index contributed by atoms with van der Waals surface area (Å²) in [6.45, 7) is 5.71. The maximum atomic E-state index is 5.43. The van der Waals surface area contributed by atoms with Crippen LogP contribution in [0, 0.1) is 13.8 Å². The molecule has 0 bridgehead atoms. The van der Waals surface area contributed by atoms with Gasteiger partial charge in [0.2, 0.25) is 5.95 Å². The van der Waals surface area contributed by atoms with Crippen molar-refractivity contribution in [3.63, 3.8) is 0 Å². The number of fused-ring (bicyclic) bond motifs is 1. The second-order valence-corrected chi connectivity index (χ2v) is 6.79. The van der Waals surface area contributed by atoms with Crippen molar-refractivity contribution in [2.45, 2.75) is 39.2 Å². The molecule has 4 rings (SSSR count). The Bertz CT molecular complexity index is 891. The predicted molar refractivity (Wildman–Crippen MR) is 96.3 cm³/mol. The van der Waals surface area contributed by atoms with Crippen LogP contribution in [-0.4, -0.2) is 60.6 Å². The molecule has 26 heavy (non-hydrogen) atoms. The zero-order valence-electron chi connectivity index (χ0n) is 15.7. The van der Waals surface area contributed by atoms with Crippen LogP contribution in [-0.2, 0) is 24.6 Å². The highest BCUT2D eigenvalue weighted by Gasteiger charge is 2.25. The Morgan fingerprint density at radius 3 is 2.77 bits per heavy atom. The molecule has 1 aliphatic heterocycles. The van der Waals surface area contributed by atoms with Crippen LogP contribution in [0.4, 0.5) is 5.95 Å². The first-order valence-corrected chi connectivity index (χ1v) is 8.90. The number of aromatic nitrogens is 7. The number of anilines is 1. The molecule has 0 aliphatic carbocycles. The summed E-state index contributed by atoms with van der Waals surface area (Å²) in [5.41, 5.74) is 2.69. The average Bonchev–Trinajstić information content (AvgIpc) is 3.34. The van der Waals surface area contributed by atoms with Crippen LogP contribution >= 0.6 is 0 Å². The smallest absolute Gasteiger partial charge is 0.245 e. The van der Waals surface area contributed by atoms with Crippen molar-refractivity contribution in [1.29, 1.82) is 0 Å². The number of hydrogen-bond donors (Lipinski definition) is 0. The third kappa shape index (κ3) is 3.03. The molecule has 0 radical (unpaired) electrons. The molecule has 138 valence electrons. The lowest BCUT2D eigenvalue weighted by Crippen LogP contribution is -2.23. The van der Waals surface area contributed by atoms with Crippen molar-refractivity contribution in [3.05, 3.63) is 29.2 Å². The van der Waals surface area contributed by atoms with Gasteiger partial charge in [-0.1, -0.05) is 0 Å². The van der Waals surface area contributed by atoms with Crippen LogP contribution in [0.15, 0.2) is 6.20 Å². The first kappa shape index (κ1) is 16.9. The van der Waals surface area contributed by atoms with Gasteiger partial charge in [-0.15, -0.1) is 5.10 Å². The van der Waals surface area contributed by atoms with E-state index in [9.17, 15) is 0 Å². The summed E-state index contributed by atoms with van der Waals surface area (Å²) in [4.78, 5) is 15.9. The molecule has 4 heterocycles. The van der Waals surface area contributed by atoms with Crippen molar-refractivity contribution >= 4 is 11.6 Å². The first-order valence-electron chi connectivity index (χ1n) is 8.90. The average molecular weight is 356 g/mol. The summed E-state index contributed by atoms with van der Waals surface area (Å²) in [6.07, 6.45) is 4.56. The molecular weight excluding hydrogens is 332 g/mol. The van der Waals surface area contributed by atoms with Gasteiger partial charge in [0.25, 0.3) is 0 Å². The summed E-state index contributed by atoms with van der Waals surface area (Å²) in [5, 5.41) is 9.17. The quantitative estimate of drug-likeness (QED) is 0.671. The van der Waals surface area contributed by atoms with Gasteiger partial charge < -0.3 is 9.64 Å². The minimum absolute atomic E-state index is 0.268. The molecule has 1 aliphatic rings. The number of rotatable bonds is 5. The maximum absolute atomic E-state index is 5.43. The predicted octanol–water partition coefficient (Wildman–Crippen LogP) is 0.880. The Hall–Kier alpha value is -2.55. The fourth-order valence-corrected chi connectivity index (χ4v) is 3.32. The van der Waals surface area contributed by atoms with E-state index in [2.05, 4.69) is 25.1 Å². The summed E-state index contributed by atoms with van der Waals surface area (Å²) in [6, 6.07) is 0. The topological polar surface area (TPSA) is 86.3 Å². The number of hydrogen-bond acceptors (Lipinski definition) is 7. The lowest BCUT2D eigenvalue weighted by Gasteiger charge is -2.12. The SMILES string of the molecule is COC1CCN(c2nc(CCc3nc4c(C)ncc(C)n4n3)n(C)n2)C1. The monoisotopic (exact) mass is 356 g/mol. The van der Waals surface area contributed by atoms with E-state index < -0.39 is 0 Å². The Kier molecular flexibility index (Phi) is 4.31.